The van der Waals surface area contributed by atoms with Gasteiger partial charge in [0.05, 0.1) is 17.8 Å². The third kappa shape index (κ3) is 3.67. The second-order valence-electron chi connectivity index (χ2n) is 6.56. The number of alkyl halides is 3. The Bertz CT molecular complexity index is 923. The number of halogens is 3. The van der Waals surface area contributed by atoms with Crippen molar-refractivity contribution in [2.24, 2.45) is 7.05 Å². The van der Waals surface area contributed by atoms with Gasteiger partial charge in [-0.3, -0.25) is 4.90 Å². The summed E-state index contributed by atoms with van der Waals surface area (Å²) < 4.78 is 41.6. The van der Waals surface area contributed by atoms with E-state index in [4.69, 9.17) is 0 Å². The fourth-order valence-corrected chi connectivity index (χ4v) is 3.17. The van der Waals surface area contributed by atoms with Gasteiger partial charge in [-0.05, 0) is 34.7 Å². The standard InChI is InChI=1S/C16H18F3N9/c1-25-11-20-22-15(25)27-8-6-26(7-9-27)10-14-21-23-24-28(14)13-4-2-12(3-5-13)16(17,18)19/h2-5,11H,6-10H2,1H3. The monoisotopic (exact) mass is 393 g/mol. The van der Waals surface area contributed by atoms with Crippen LogP contribution >= 0.6 is 0 Å². The molecule has 1 aliphatic rings. The molecule has 3 heterocycles. The van der Waals surface area contributed by atoms with E-state index in [1.54, 1.807) is 6.33 Å². The maximum absolute atomic E-state index is 12.7. The van der Waals surface area contributed by atoms with Gasteiger partial charge in [-0.1, -0.05) is 0 Å². The Morgan fingerprint density at radius 1 is 1.00 bits per heavy atom. The minimum atomic E-state index is -4.37. The first-order valence-electron chi connectivity index (χ1n) is 8.68. The van der Waals surface area contributed by atoms with Crippen LogP contribution in [0.15, 0.2) is 30.6 Å². The van der Waals surface area contributed by atoms with Crippen molar-refractivity contribution < 1.29 is 13.2 Å². The van der Waals surface area contributed by atoms with Crippen LogP contribution in [0.1, 0.15) is 11.4 Å². The topological polar surface area (TPSA) is 80.8 Å². The summed E-state index contributed by atoms with van der Waals surface area (Å²) in [5.41, 5.74) is -0.212. The fourth-order valence-electron chi connectivity index (χ4n) is 3.17. The van der Waals surface area contributed by atoms with Crippen molar-refractivity contribution >= 4 is 5.95 Å². The zero-order valence-electron chi connectivity index (χ0n) is 15.1. The SMILES string of the molecule is Cn1cnnc1N1CCN(Cc2nnnn2-c2ccc(C(F)(F)F)cc2)CC1. The third-order valence-electron chi connectivity index (χ3n) is 4.68. The van der Waals surface area contributed by atoms with Crippen LogP contribution in [-0.4, -0.2) is 66.1 Å². The maximum atomic E-state index is 12.7. The number of aromatic nitrogens is 7. The molecule has 1 aromatic carbocycles. The molecule has 1 fully saturated rings. The van der Waals surface area contributed by atoms with Gasteiger partial charge < -0.3 is 9.47 Å². The molecule has 148 valence electrons. The molecule has 4 rings (SSSR count). The molecular formula is C16H18F3N9. The van der Waals surface area contributed by atoms with E-state index in [1.165, 1.54) is 16.8 Å². The molecule has 0 saturated carbocycles. The van der Waals surface area contributed by atoms with Crippen LogP contribution in [0, 0.1) is 0 Å². The van der Waals surface area contributed by atoms with E-state index in [9.17, 15) is 13.2 Å². The highest BCUT2D eigenvalue weighted by atomic mass is 19.4. The predicted octanol–water partition coefficient (Wildman–Crippen LogP) is 1.13. The smallest absolute Gasteiger partial charge is 0.338 e. The first-order chi connectivity index (χ1) is 13.4. The number of aryl methyl sites for hydroxylation is 1. The second kappa shape index (κ2) is 7.19. The number of rotatable bonds is 4. The van der Waals surface area contributed by atoms with Crippen LogP contribution in [-0.2, 0) is 19.8 Å². The molecule has 12 heteroatoms. The van der Waals surface area contributed by atoms with Gasteiger partial charge in [0.15, 0.2) is 5.82 Å². The van der Waals surface area contributed by atoms with Crippen LogP contribution in [0.25, 0.3) is 5.69 Å². The van der Waals surface area contributed by atoms with E-state index in [-0.39, 0.29) is 0 Å². The van der Waals surface area contributed by atoms with Gasteiger partial charge in [-0.2, -0.15) is 17.9 Å². The van der Waals surface area contributed by atoms with Crippen molar-refractivity contribution in [2.75, 3.05) is 31.1 Å². The minimum absolute atomic E-state index is 0.491. The number of hydrogen-bond donors (Lipinski definition) is 0. The molecule has 2 aromatic heterocycles. The lowest BCUT2D eigenvalue weighted by atomic mass is 10.2. The van der Waals surface area contributed by atoms with E-state index >= 15 is 0 Å². The summed E-state index contributed by atoms with van der Waals surface area (Å²) >= 11 is 0. The molecule has 0 bridgehead atoms. The van der Waals surface area contributed by atoms with Gasteiger partial charge in [0.1, 0.15) is 6.33 Å². The normalized spacial score (nSPS) is 15.9. The van der Waals surface area contributed by atoms with Gasteiger partial charge in [0.2, 0.25) is 5.95 Å². The molecule has 0 atom stereocenters. The number of nitrogens with zero attached hydrogens (tertiary/aromatic N) is 9. The lowest BCUT2D eigenvalue weighted by Gasteiger charge is -2.34. The quantitative estimate of drug-likeness (QED) is 0.657. The second-order valence-corrected chi connectivity index (χ2v) is 6.56. The molecule has 9 nitrogen and oxygen atoms in total. The Labute approximate surface area is 158 Å². The summed E-state index contributed by atoms with van der Waals surface area (Å²) in [6.07, 6.45) is -2.70. The van der Waals surface area contributed by atoms with E-state index < -0.39 is 11.7 Å². The van der Waals surface area contributed by atoms with Crippen molar-refractivity contribution in [3.8, 4) is 5.69 Å². The Morgan fingerprint density at radius 3 is 2.32 bits per heavy atom. The Hall–Kier alpha value is -3.02. The van der Waals surface area contributed by atoms with Crippen molar-refractivity contribution in [2.45, 2.75) is 12.7 Å². The fraction of sp³-hybridized carbons (Fsp3) is 0.438. The number of anilines is 1. The number of benzene rings is 1. The van der Waals surface area contributed by atoms with Gasteiger partial charge in [0.25, 0.3) is 0 Å². The van der Waals surface area contributed by atoms with Crippen LogP contribution in [0.4, 0.5) is 19.1 Å². The van der Waals surface area contributed by atoms with Gasteiger partial charge >= 0.3 is 6.18 Å². The molecule has 0 unspecified atom stereocenters. The third-order valence-corrected chi connectivity index (χ3v) is 4.68. The summed E-state index contributed by atoms with van der Waals surface area (Å²) in [6, 6.07) is 4.80. The minimum Gasteiger partial charge on any atom is -0.338 e. The van der Waals surface area contributed by atoms with Gasteiger partial charge in [0, 0.05) is 33.2 Å². The Kier molecular flexibility index (Phi) is 4.71. The highest BCUT2D eigenvalue weighted by Crippen LogP contribution is 2.29. The molecule has 0 spiro atoms. The van der Waals surface area contributed by atoms with E-state index in [2.05, 4.69) is 35.5 Å². The summed E-state index contributed by atoms with van der Waals surface area (Å²) in [7, 11) is 1.90. The molecule has 0 amide bonds. The summed E-state index contributed by atoms with van der Waals surface area (Å²) in [5, 5.41) is 19.7. The molecule has 0 aliphatic carbocycles. The van der Waals surface area contributed by atoms with Crippen molar-refractivity contribution in [1.29, 1.82) is 0 Å². The molecular weight excluding hydrogens is 375 g/mol. The average Bonchev–Trinajstić information content (AvgIpc) is 3.31. The molecule has 28 heavy (non-hydrogen) atoms. The summed E-state index contributed by atoms with van der Waals surface area (Å²) in [4.78, 5) is 4.35. The van der Waals surface area contributed by atoms with Crippen molar-refractivity contribution in [3.05, 3.63) is 42.0 Å². The van der Waals surface area contributed by atoms with E-state index in [0.29, 0.717) is 18.1 Å². The first-order valence-corrected chi connectivity index (χ1v) is 8.68. The van der Waals surface area contributed by atoms with Crippen LogP contribution in [0.5, 0.6) is 0 Å². The summed E-state index contributed by atoms with van der Waals surface area (Å²) in [5.74, 6) is 1.40. The Balaban J connectivity index is 1.42. The van der Waals surface area contributed by atoms with E-state index in [0.717, 1.165) is 44.3 Å². The highest BCUT2D eigenvalue weighted by molar-refractivity contribution is 5.35. The van der Waals surface area contributed by atoms with Crippen molar-refractivity contribution in [1.82, 2.24) is 39.9 Å². The number of tetrazole rings is 1. The van der Waals surface area contributed by atoms with Crippen LogP contribution in [0.2, 0.25) is 0 Å². The van der Waals surface area contributed by atoms with E-state index in [1.807, 2.05) is 11.6 Å². The number of piperazine rings is 1. The lowest BCUT2D eigenvalue weighted by Crippen LogP contribution is -2.47. The maximum Gasteiger partial charge on any atom is 0.416 e. The average molecular weight is 393 g/mol. The van der Waals surface area contributed by atoms with Crippen molar-refractivity contribution in [3.63, 3.8) is 0 Å². The van der Waals surface area contributed by atoms with Gasteiger partial charge in [-0.25, -0.2) is 0 Å². The predicted molar refractivity (Wildman–Crippen MR) is 92.6 cm³/mol. The first kappa shape index (κ1) is 18.3. The summed E-state index contributed by atoms with van der Waals surface area (Å²) in [6.45, 7) is 3.64. The molecule has 0 radical (unpaired) electrons. The highest BCUT2D eigenvalue weighted by Gasteiger charge is 2.30. The lowest BCUT2D eigenvalue weighted by molar-refractivity contribution is -0.137. The largest absolute Gasteiger partial charge is 0.416 e. The molecule has 3 aromatic rings. The molecule has 1 aliphatic heterocycles. The molecule has 0 N–H and O–H groups in total. The Morgan fingerprint density at radius 2 is 1.71 bits per heavy atom. The number of hydrogen-bond acceptors (Lipinski definition) is 7. The zero-order chi connectivity index (χ0) is 19.7. The van der Waals surface area contributed by atoms with Gasteiger partial charge in [-0.15, -0.1) is 15.3 Å². The zero-order valence-corrected chi connectivity index (χ0v) is 15.1. The molecule has 1 saturated heterocycles. The van der Waals surface area contributed by atoms with Crippen LogP contribution in [0.3, 0.4) is 0 Å². The van der Waals surface area contributed by atoms with Crippen LogP contribution < -0.4 is 4.90 Å².